The summed E-state index contributed by atoms with van der Waals surface area (Å²) in [5, 5.41) is 0. The van der Waals surface area contributed by atoms with Crippen LogP contribution in [0.4, 0.5) is 13.2 Å². The molecule has 0 N–H and O–H groups in total. The van der Waals surface area contributed by atoms with Crippen LogP contribution in [-0.2, 0) is 0 Å². The maximum atomic E-state index is 12.3. The first-order chi connectivity index (χ1) is 12.9. The van der Waals surface area contributed by atoms with Crippen LogP contribution in [0.15, 0.2) is 36.9 Å². The first kappa shape index (κ1) is 20.3. The summed E-state index contributed by atoms with van der Waals surface area (Å²) in [6, 6.07) is 6.49. The fraction of sp³-hybridized carbons (Fsp3) is 0.652. The van der Waals surface area contributed by atoms with Crippen molar-refractivity contribution in [3.63, 3.8) is 0 Å². The Balaban J connectivity index is 1.44. The lowest BCUT2D eigenvalue weighted by molar-refractivity contribution is -0.274. The molecule has 27 heavy (non-hydrogen) atoms. The number of allylic oxidation sites excluding steroid dienone is 1. The van der Waals surface area contributed by atoms with Crippen molar-refractivity contribution in [3.8, 4) is 5.75 Å². The Hall–Kier alpha value is -1.45. The predicted molar refractivity (Wildman–Crippen MR) is 103 cm³/mol. The molecule has 1 nitrogen and oxygen atoms in total. The summed E-state index contributed by atoms with van der Waals surface area (Å²) < 4.78 is 40.8. The van der Waals surface area contributed by atoms with E-state index >= 15 is 0 Å². The fourth-order valence-electron chi connectivity index (χ4n) is 5.17. The van der Waals surface area contributed by atoms with Crippen LogP contribution in [0.1, 0.15) is 75.7 Å². The van der Waals surface area contributed by atoms with Gasteiger partial charge in [-0.3, -0.25) is 0 Å². The summed E-state index contributed by atoms with van der Waals surface area (Å²) in [7, 11) is 0. The Bertz CT molecular complexity index is 577. The van der Waals surface area contributed by atoms with Crippen molar-refractivity contribution in [2.75, 3.05) is 0 Å². The number of rotatable bonds is 6. The monoisotopic (exact) mass is 380 g/mol. The molecule has 0 amide bonds. The van der Waals surface area contributed by atoms with Gasteiger partial charge in [-0.05, 0) is 92.7 Å². The number of benzene rings is 1. The molecule has 2 aliphatic rings. The van der Waals surface area contributed by atoms with Crippen LogP contribution in [0.5, 0.6) is 5.75 Å². The van der Waals surface area contributed by atoms with E-state index in [-0.39, 0.29) is 5.75 Å². The zero-order chi connectivity index (χ0) is 19.3. The average molecular weight is 380 g/mol. The third-order valence-corrected chi connectivity index (χ3v) is 6.69. The lowest BCUT2D eigenvalue weighted by Gasteiger charge is -2.38. The lowest BCUT2D eigenvalue weighted by atomic mass is 9.68. The van der Waals surface area contributed by atoms with E-state index in [1.165, 1.54) is 57.1 Å². The summed E-state index contributed by atoms with van der Waals surface area (Å²) in [6.07, 6.45) is 10.2. The standard InChI is InChI=1S/C23H31F3O/c1-2-3-4-17-5-7-18(8-6-17)19-9-11-20(12-10-19)21-13-15-22(16-14-21)27-23(24,25)26/h2,13-20H,1,3-12H2. The molecule has 4 heteroatoms. The molecule has 0 saturated heterocycles. The van der Waals surface area contributed by atoms with E-state index in [2.05, 4.69) is 11.3 Å². The van der Waals surface area contributed by atoms with Gasteiger partial charge >= 0.3 is 6.36 Å². The van der Waals surface area contributed by atoms with Crippen LogP contribution in [-0.4, -0.2) is 6.36 Å². The van der Waals surface area contributed by atoms with Crippen molar-refractivity contribution in [1.29, 1.82) is 0 Å². The molecular formula is C23H31F3O. The Morgan fingerprint density at radius 1 is 0.889 bits per heavy atom. The normalized spacial score (nSPS) is 29.3. The van der Waals surface area contributed by atoms with Crippen LogP contribution < -0.4 is 4.74 Å². The van der Waals surface area contributed by atoms with E-state index in [4.69, 9.17) is 0 Å². The molecule has 0 heterocycles. The van der Waals surface area contributed by atoms with Crippen molar-refractivity contribution >= 4 is 0 Å². The highest BCUT2D eigenvalue weighted by molar-refractivity contribution is 5.29. The molecule has 2 aliphatic carbocycles. The van der Waals surface area contributed by atoms with Crippen molar-refractivity contribution in [2.24, 2.45) is 17.8 Å². The van der Waals surface area contributed by atoms with Gasteiger partial charge in [-0.15, -0.1) is 19.8 Å². The minimum atomic E-state index is -4.62. The minimum Gasteiger partial charge on any atom is -0.406 e. The first-order valence-corrected chi connectivity index (χ1v) is 10.4. The van der Waals surface area contributed by atoms with Gasteiger partial charge in [0.2, 0.25) is 0 Å². The summed E-state index contributed by atoms with van der Waals surface area (Å²) in [5.41, 5.74) is 1.15. The van der Waals surface area contributed by atoms with E-state index in [1.54, 1.807) is 12.1 Å². The predicted octanol–water partition coefficient (Wildman–Crippen LogP) is 7.63. The number of hydrogen-bond donors (Lipinski definition) is 0. The Labute approximate surface area is 161 Å². The number of alkyl halides is 3. The molecule has 1 aromatic rings. The molecule has 0 bridgehead atoms. The van der Waals surface area contributed by atoms with Gasteiger partial charge in [0.05, 0.1) is 0 Å². The summed E-state index contributed by atoms with van der Waals surface area (Å²) in [4.78, 5) is 0. The van der Waals surface area contributed by atoms with Crippen LogP contribution in [0, 0.1) is 17.8 Å². The van der Waals surface area contributed by atoms with Gasteiger partial charge in [-0.1, -0.05) is 31.1 Å². The highest BCUT2D eigenvalue weighted by Crippen LogP contribution is 2.44. The molecule has 0 unspecified atom stereocenters. The topological polar surface area (TPSA) is 9.23 Å². The zero-order valence-corrected chi connectivity index (χ0v) is 16.0. The third kappa shape index (κ3) is 6.02. The smallest absolute Gasteiger partial charge is 0.406 e. The average Bonchev–Trinajstić information content (AvgIpc) is 2.66. The van der Waals surface area contributed by atoms with E-state index < -0.39 is 6.36 Å². The van der Waals surface area contributed by atoms with Crippen LogP contribution in [0.2, 0.25) is 0 Å². The van der Waals surface area contributed by atoms with Gasteiger partial charge in [0.15, 0.2) is 0 Å². The minimum absolute atomic E-state index is 0.131. The maximum Gasteiger partial charge on any atom is 0.573 e. The second kappa shape index (κ2) is 9.16. The highest BCUT2D eigenvalue weighted by atomic mass is 19.4. The molecule has 0 atom stereocenters. The van der Waals surface area contributed by atoms with E-state index in [0.29, 0.717) is 5.92 Å². The maximum absolute atomic E-state index is 12.3. The van der Waals surface area contributed by atoms with Crippen molar-refractivity contribution in [2.45, 2.75) is 76.5 Å². The molecule has 0 radical (unpaired) electrons. The fourth-order valence-corrected chi connectivity index (χ4v) is 5.17. The molecule has 1 aromatic carbocycles. The second-order valence-electron chi connectivity index (χ2n) is 8.38. The highest BCUT2D eigenvalue weighted by Gasteiger charge is 2.32. The molecule has 150 valence electrons. The van der Waals surface area contributed by atoms with E-state index in [9.17, 15) is 13.2 Å². The molecule has 0 aromatic heterocycles. The molecule has 3 rings (SSSR count). The number of halogens is 3. The zero-order valence-electron chi connectivity index (χ0n) is 16.0. The molecular weight excluding hydrogens is 349 g/mol. The Kier molecular flexibility index (Phi) is 6.88. The largest absolute Gasteiger partial charge is 0.573 e. The van der Waals surface area contributed by atoms with Gasteiger partial charge in [0, 0.05) is 0 Å². The van der Waals surface area contributed by atoms with Crippen molar-refractivity contribution < 1.29 is 17.9 Å². The van der Waals surface area contributed by atoms with Gasteiger partial charge in [0.25, 0.3) is 0 Å². The van der Waals surface area contributed by atoms with Gasteiger partial charge in [0.1, 0.15) is 5.75 Å². The molecule has 0 spiro atoms. The van der Waals surface area contributed by atoms with Crippen LogP contribution in [0.25, 0.3) is 0 Å². The number of ether oxygens (including phenoxy) is 1. The van der Waals surface area contributed by atoms with Crippen LogP contribution >= 0.6 is 0 Å². The van der Waals surface area contributed by atoms with E-state index in [0.717, 1.165) is 42.6 Å². The first-order valence-electron chi connectivity index (χ1n) is 10.4. The number of hydrogen-bond acceptors (Lipinski definition) is 1. The SMILES string of the molecule is C=CCCC1CCC(C2CCC(c3ccc(OC(F)(F)F)cc3)CC2)CC1. The summed E-state index contributed by atoms with van der Waals surface area (Å²) in [5.74, 6) is 2.97. The summed E-state index contributed by atoms with van der Waals surface area (Å²) >= 11 is 0. The van der Waals surface area contributed by atoms with Crippen molar-refractivity contribution in [1.82, 2.24) is 0 Å². The van der Waals surface area contributed by atoms with E-state index in [1.807, 2.05) is 6.08 Å². The quantitative estimate of drug-likeness (QED) is 0.461. The second-order valence-corrected chi connectivity index (χ2v) is 8.38. The van der Waals surface area contributed by atoms with Crippen molar-refractivity contribution in [3.05, 3.63) is 42.5 Å². The van der Waals surface area contributed by atoms with Gasteiger partial charge in [-0.25, -0.2) is 0 Å². The van der Waals surface area contributed by atoms with Gasteiger partial charge < -0.3 is 4.74 Å². The Morgan fingerprint density at radius 2 is 1.44 bits per heavy atom. The van der Waals surface area contributed by atoms with Crippen LogP contribution in [0.3, 0.4) is 0 Å². The van der Waals surface area contributed by atoms with Gasteiger partial charge in [-0.2, -0.15) is 0 Å². The molecule has 2 saturated carbocycles. The molecule has 2 fully saturated rings. The molecule has 0 aliphatic heterocycles. The summed E-state index contributed by atoms with van der Waals surface area (Å²) in [6.45, 7) is 3.83. The third-order valence-electron chi connectivity index (χ3n) is 6.69. The lowest BCUT2D eigenvalue weighted by Crippen LogP contribution is -2.25. The Morgan fingerprint density at radius 3 is 1.96 bits per heavy atom.